The predicted molar refractivity (Wildman–Crippen MR) is 107 cm³/mol. The molecule has 2 amide bonds. The SMILES string of the molecule is CCNC(=O)CNC(=O)COC(=O)[C@@H]1CCCC[C@H]1c1nc2ccccc2s1. The summed E-state index contributed by atoms with van der Waals surface area (Å²) in [5.41, 5.74) is 0.949. The second-order valence-electron chi connectivity index (χ2n) is 6.86. The van der Waals surface area contributed by atoms with E-state index in [0.29, 0.717) is 6.54 Å². The normalized spacial score (nSPS) is 19.2. The highest BCUT2D eigenvalue weighted by Gasteiger charge is 2.35. The summed E-state index contributed by atoms with van der Waals surface area (Å²) in [6, 6.07) is 7.95. The molecule has 28 heavy (non-hydrogen) atoms. The van der Waals surface area contributed by atoms with Gasteiger partial charge in [0.1, 0.15) is 0 Å². The first-order chi connectivity index (χ1) is 13.6. The van der Waals surface area contributed by atoms with E-state index in [1.165, 1.54) is 0 Å². The number of carbonyl (C=O) groups excluding carboxylic acids is 3. The molecule has 3 rings (SSSR count). The summed E-state index contributed by atoms with van der Waals surface area (Å²) in [4.78, 5) is 40.6. The number of benzene rings is 1. The highest BCUT2D eigenvalue weighted by atomic mass is 32.1. The maximum absolute atomic E-state index is 12.6. The Hall–Kier alpha value is -2.48. The molecular weight excluding hydrogens is 378 g/mol. The van der Waals surface area contributed by atoms with Crippen molar-refractivity contribution in [2.24, 2.45) is 5.92 Å². The van der Waals surface area contributed by atoms with Crippen LogP contribution in [-0.2, 0) is 19.1 Å². The van der Waals surface area contributed by atoms with E-state index in [9.17, 15) is 14.4 Å². The van der Waals surface area contributed by atoms with Gasteiger partial charge in [0.25, 0.3) is 5.91 Å². The van der Waals surface area contributed by atoms with E-state index < -0.39 is 5.91 Å². The smallest absolute Gasteiger partial charge is 0.310 e. The number of fused-ring (bicyclic) bond motifs is 1. The minimum absolute atomic E-state index is 0.0250. The zero-order valence-electron chi connectivity index (χ0n) is 15.9. The van der Waals surface area contributed by atoms with Crippen LogP contribution in [0.5, 0.6) is 0 Å². The van der Waals surface area contributed by atoms with Crippen LogP contribution in [0.25, 0.3) is 10.2 Å². The first-order valence-corrected chi connectivity index (χ1v) is 10.5. The van der Waals surface area contributed by atoms with Gasteiger partial charge in [0.05, 0.1) is 27.7 Å². The Bertz CT molecular complexity index is 818. The van der Waals surface area contributed by atoms with Gasteiger partial charge in [-0.25, -0.2) is 4.98 Å². The van der Waals surface area contributed by atoms with Gasteiger partial charge in [-0.2, -0.15) is 0 Å². The first-order valence-electron chi connectivity index (χ1n) is 9.64. The van der Waals surface area contributed by atoms with Gasteiger partial charge in [0.2, 0.25) is 5.91 Å². The zero-order chi connectivity index (χ0) is 19.9. The third-order valence-corrected chi connectivity index (χ3v) is 6.03. The van der Waals surface area contributed by atoms with Crippen molar-refractivity contribution in [3.63, 3.8) is 0 Å². The van der Waals surface area contributed by atoms with Gasteiger partial charge in [-0.1, -0.05) is 25.0 Å². The van der Waals surface area contributed by atoms with E-state index in [0.717, 1.165) is 40.9 Å². The number of rotatable bonds is 7. The van der Waals surface area contributed by atoms with Gasteiger partial charge >= 0.3 is 5.97 Å². The minimum Gasteiger partial charge on any atom is -0.455 e. The van der Waals surface area contributed by atoms with Crippen LogP contribution < -0.4 is 10.6 Å². The molecule has 0 saturated heterocycles. The number of carbonyl (C=O) groups is 3. The van der Waals surface area contributed by atoms with Crippen molar-refractivity contribution in [2.45, 2.75) is 38.5 Å². The van der Waals surface area contributed by atoms with E-state index in [1.54, 1.807) is 18.3 Å². The van der Waals surface area contributed by atoms with E-state index in [-0.39, 0.29) is 36.9 Å². The van der Waals surface area contributed by atoms with Gasteiger partial charge < -0.3 is 15.4 Å². The lowest BCUT2D eigenvalue weighted by molar-refractivity contribution is -0.154. The number of likely N-dealkylation sites (N-methyl/N-ethyl adjacent to an activating group) is 1. The minimum atomic E-state index is -0.480. The van der Waals surface area contributed by atoms with Crippen LogP contribution in [0.4, 0.5) is 0 Å². The lowest BCUT2D eigenvalue weighted by Gasteiger charge is -2.28. The van der Waals surface area contributed by atoms with E-state index in [4.69, 9.17) is 9.72 Å². The number of ether oxygens (including phenoxy) is 1. The summed E-state index contributed by atoms with van der Waals surface area (Å²) in [6.07, 6.45) is 3.64. The number of nitrogens with one attached hydrogen (secondary N) is 2. The average molecular weight is 404 g/mol. The molecule has 2 aromatic rings. The number of thiazole rings is 1. The molecule has 1 aliphatic carbocycles. The van der Waals surface area contributed by atoms with Gasteiger partial charge in [-0.3, -0.25) is 14.4 Å². The lowest BCUT2D eigenvalue weighted by atomic mass is 9.79. The average Bonchev–Trinajstić information content (AvgIpc) is 3.15. The van der Waals surface area contributed by atoms with E-state index >= 15 is 0 Å². The molecule has 2 atom stereocenters. The molecule has 0 unspecified atom stereocenters. The van der Waals surface area contributed by atoms with Gasteiger partial charge in [0.15, 0.2) is 6.61 Å². The molecule has 1 aromatic carbocycles. The predicted octanol–water partition coefficient (Wildman–Crippen LogP) is 2.37. The molecule has 0 bridgehead atoms. The molecule has 1 heterocycles. The number of hydrogen-bond donors (Lipinski definition) is 2. The number of aromatic nitrogens is 1. The summed E-state index contributed by atoms with van der Waals surface area (Å²) in [7, 11) is 0. The van der Waals surface area contributed by atoms with Crippen LogP contribution in [0.3, 0.4) is 0 Å². The Morgan fingerprint density at radius 1 is 1.14 bits per heavy atom. The maximum atomic E-state index is 12.6. The summed E-state index contributed by atoms with van der Waals surface area (Å²) in [6.45, 7) is 1.80. The van der Waals surface area contributed by atoms with Crippen molar-refractivity contribution in [3.8, 4) is 0 Å². The van der Waals surface area contributed by atoms with E-state index in [2.05, 4.69) is 10.6 Å². The summed E-state index contributed by atoms with van der Waals surface area (Å²) >= 11 is 1.62. The maximum Gasteiger partial charge on any atom is 0.310 e. The quantitative estimate of drug-likeness (QED) is 0.692. The van der Waals surface area contributed by atoms with Crippen molar-refractivity contribution < 1.29 is 19.1 Å². The van der Waals surface area contributed by atoms with Gasteiger partial charge in [-0.15, -0.1) is 11.3 Å². The van der Waals surface area contributed by atoms with Crippen molar-refractivity contribution in [1.29, 1.82) is 0 Å². The largest absolute Gasteiger partial charge is 0.455 e. The number of hydrogen-bond acceptors (Lipinski definition) is 6. The molecule has 0 spiro atoms. The topological polar surface area (TPSA) is 97.4 Å². The van der Waals surface area contributed by atoms with Crippen molar-refractivity contribution in [3.05, 3.63) is 29.3 Å². The first kappa shape index (κ1) is 20.3. The fourth-order valence-electron chi connectivity index (χ4n) is 3.49. The molecule has 7 nitrogen and oxygen atoms in total. The van der Waals surface area contributed by atoms with Crippen LogP contribution in [0.2, 0.25) is 0 Å². The highest BCUT2D eigenvalue weighted by Crippen LogP contribution is 2.41. The third-order valence-electron chi connectivity index (χ3n) is 4.86. The van der Waals surface area contributed by atoms with Crippen molar-refractivity contribution in [2.75, 3.05) is 19.7 Å². The summed E-state index contributed by atoms with van der Waals surface area (Å²) < 4.78 is 6.37. The number of para-hydroxylation sites is 1. The molecule has 1 aromatic heterocycles. The molecule has 150 valence electrons. The van der Waals surface area contributed by atoms with Gasteiger partial charge in [-0.05, 0) is 31.9 Å². The molecule has 1 fully saturated rings. The summed E-state index contributed by atoms with van der Waals surface area (Å²) in [5, 5.41) is 5.99. The van der Waals surface area contributed by atoms with Crippen LogP contribution in [0.15, 0.2) is 24.3 Å². The molecule has 0 aliphatic heterocycles. The Kier molecular flexibility index (Phi) is 6.97. The fourth-order valence-corrected chi connectivity index (χ4v) is 4.66. The number of esters is 1. The number of nitrogens with zero attached hydrogens (tertiary/aromatic N) is 1. The molecule has 2 N–H and O–H groups in total. The second kappa shape index (κ2) is 9.64. The van der Waals surface area contributed by atoms with Crippen molar-refractivity contribution >= 4 is 39.3 Å². The Labute approximate surface area is 167 Å². The zero-order valence-corrected chi connectivity index (χ0v) is 16.7. The van der Waals surface area contributed by atoms with Crippen LogP contribution in [0, 0.1) is 5.92 Å². The van der Waals surface area contributed by atoms with E-state index in [1.807, 2.05) is 24.3 Å². The Balaban J connectivity index is 1.58. The monoisotopic (exact) mass is 403 g/mol. The second-order valence-corrected chi connectivity index (χ2v) is 7.92. The Morgan fingerprint density at radius 2 is 1.93 bits per heavy atom. The molecule has 8 heteroatoms. The lowest BCUT2D eigenvalue weighted by Crippen LogP contribution is -2.39. The third kappa shape index (κ3) is 5.07. The molecular formula is C20H25N3O4S. The number of amides is 2. The standard InChI is InChI=1S/C20H25N3O4S/c1-2-21-17(24)11-22-18(25)12-27-20(26)14-8-4-3-7-13(14)19-23-15-9-5-6-10-16(15)28-19/h5-6,9-10,13-14H,2-4,7-8,11-12H2,1H3,(H,21,24)(H,22,25)/t13-,14-/m1/s1. The molecule has 1 saturated carbocycles. The Morgan fingerprint density at radius 3 is 2.71 bits per heavy atom. The fraction of sp³-hybridized carbons (Fsp3) is 0.500. The van der Waals surface area contributed by atoms with Crippen LogP contribution in [0.1, 0.15) is 43.5 Å². The van der Waals surface area contributed by atoms with Crippen LogP contribution >= 0.6 is 11.3 Å². The molecule has 1 aliphatic rings. The molecule has 0 radical (unpaired) electrons. The van der Waals surface area contributed by atoms with Gasteiger partial charge in [0, 0.05) is 12.5 Å². The van der Waals surface area contributed by atoms with Crippen LogP contribution in [-0.4, -0.2) is 42.5 Å². The highest BCUT2D eigenvalue weighted by molar-refractivity contribution is 7.18. The van der Waals surface area contributed by atoms with Crippen molar-refractivity contribution in [1.82, 2.24) is 15.6 Å². The summed E-state index contributed by atoms with van der Waals surface area (Å²) in [5.74, 6) is -1.38.